The summed E-state index contributed by atoms with van der Waals surface area (Å²) >= 11 is 0. The molecule has 5 nitrogen and oxygen atoms in total. The minimum absolute atomic E-state index is 0.645. The Morgan fingerprint density at radius 3 is 1.43 bits per heavy atom. The standard InChI is InChI=1S/C60H39N5/c1-5-17-40(18-6-1)45-23-15-25-47(37-45)53-39-54(48-26-16-24-46(38-48)41-19-7-2-8-20-41)63-59(62-53)43-33-31-42(32-34-43)57-56-51(50-29-13-14-30-52(50)61-57)35-36-55-58(56)64-60(44-21-9-3-10-22-44)65(55)49-27-11-4-12-28-49/h1-39H. The Morgan fingerprint density at radius 2 is 0.815 bits per heavy atom. The number of nitrogens with zero attached hydrogens (tertiary/aromatic N) is 5. The van der Waals surface area contributed by atoms with Crippen molar-refractivity contribution in [2.45, 2.75) is 0 Å². The first kappa shape index (κ1) is 37.9. The van der Waals surface area contributed by atoms with Crippen LogP contribution >= 0.6 is 0 Å². The normalized spacial score (nSPS) is 11.4. The van der Waals surface area contributed by atoms with Crippen LogP contribution in [0.25, 0.3) is 117 Å². The number of rotatable bonds is 8. The van der Waals surface area contributed by atoms with Gasteiger partial charge in [-0.1, -0.05) is 194 Å². The first-order valence-electron chi connectivity index (χ1n) is 21.9. The molecule has 0 saturated heterocycles. The van der Waals surface area contributed by atoms with E-state index in [1.807, 2.05) is 24.3 Å². The Kier molecular flexibility index (Phi) is 9.42. The largest absolute Gasteiger partial charge is 0.292 e. The van der Waals surface area contributed by atoms with Gasteiger partial charge in [-0.2, -0.15) is 0 Å². The predicted molar refractivity (Wildman–Crippen MR) is 268 cm³/mol. The van der Waals surface area contributed by atoms with E-state index in [1.165, 1.54) is 0 Å². The number of aromatic nitrogens is 5. The van der Waals surface area contributed by atoms with E-state index in [0.29, 0.717) is 5.82 Å². The van der Waals surface area contributed by atoms with Gasteiger partial charge in [0.25, 0.3) is 0 Å². The van der Waals surface area contributed by atoms with Gasteiger partial charge >= 0.3 is 0 Å². The van der Waals surface area contributed by atoms with Crippen molar-refractivity contribution in [1.29, 1.82) is 0 Å². The Hall–Kier alpha value is -8.80. The van der Waals surface area contributed by atoms with Gasteiger partial charge in [-0.25, -0.2) is 19.9 Å². The topological polar surface area (TPSA) is 56.5 Å². The van der Waals surface area contributed by atoms with Crippen molar-refractivity contribution in [2.24, 2.45) is 0 Å². The minimum Gasteiger partial charge on any atom is -0.292 e. The molecule has 0 amide bonds. The van der Waals surface area contributed by atoms with Gasteiger partial charge in [0.2, 0.25) is 0 Å². The quantitative estimate of drug-likeness (QED) is 0.143. The number of pyridine rings is 1. The summed E-state index contributed by atoms with van der Waals surface area (Å²) in [6.07, 6.45) is 0. The lowest BCUT2D eigenvalue weighted by molar-refractivity contribution is 1.10. The van der Waals surface area contributed by atoms with Crippen molar-refractivity contribution in [1.82, 2.24) is 24.5 Å². The van der Waals surface area contributed by atoms with E-state index >= 15 is 0 Å². The average Bonchev–Trinajstić information content (AvgIpc) is 3.80. The van der Waals surface area contributed by atoms with Crippen LogP contribution in [0.4, 0.5) is 0 Å². The smallest absolute Gasteiger partial charge is 0.160 e. The summed E-state index contributed by atoms with van der Waals surface area (Å²) in [7, 11) is 0. The van der Waals surface area contributed by atoms with Gasteiger partial charge in [0.15, 0.2) is 5.82 Å². The van der Waals surface area contributed by atoms with Crippen LogP contribution in [0, 0.1) is 0 Å². The van der Waals surface area contributed by atoms with Gasteiger partial charge in [0, 0.05) is 44.3 Å². The lowest BCUT2D eigenvalue weighted by Gasteiger charge is -2.13. The van der Waals surface area contributed by atoms with Crippen molar-refractivity contribution in [3.05, 3.63) is 237 Å². The molecule has 0 spiro atoms. The zero-order valence-electron chi connectivity index (χ0n) is 35.3. The Labute approximate surface area is 376 Å². The number of para-hydroxylation sites is 2. The van der Waals surface area contributed by atoms with Gasteiger partial charge < -0.3 is 0 Å². The summed E-state index contributed by atoms with van der Waals surface area (Å²) in [4.78, 5) is 21.4. The molecule has 3 heterocycles. The van der Waals surface area contributed by atoms with Gasteiger partial charge in [-0.15, -0.1) is 0 Å². The molecule has 12 rings (SSSR count). The molecule has 3 aromatic heterocycles. The first-order chi connectivity index (χ1) is 32.2. The van der Waals surface area contributed by atoms with Crippen molar-refractivity contribution in [2.75, 3.05) is 0 Å². The molecule has 5 heteroatoms. The number of benzene rings is 9. The van der Waals surface area contributed by atoms with E-state index < -0.39 is 0 Å². The molecule has 0 radical (unpaired) electrons. The highest BCUT2D eigenvalue weighted by Crippen LogP contribution is 2.40. The molecule has 9 aromatic carbocycles. The van der Waals surface area contributed by atoms with Crippen molar-refractivity contribution >= 4 is 32.7 Å². The summed E-state index contributed by atoms with van der Waals surface area (Å²) < 4.78 is 2.26. The monoisotopic (exact) mass is 829 g/mol. The molecular weight excluding hydrogens is 791 g/mol. The fourth-order valence-electron chi connectivity index (χ4n) is 9.04. The van der Waals surface area contributed by atoms with Crippen LogP contribution in [0.5, 0.6) is 0 Å². The van der Waals surface area contributed by atoms with E-state index in [4.69, 9.17) is 19.9 Å². The molecule has 0 N–H and O–H groups in total. The molecule has 65 heavy (non-hydrogen) atoms. The Balaban J connectivity index is 1.03. The summed E-state index contributed by atoms with van der Waals surface area (Å²) in [5.74, 6) is 1.53. The molecule has 0 saturated carbocycles. The van der Waals surface area contributed by atoms with Gasteiger partial charge in [0.1, 0.15) is 5.82 Å². The van der Waals surface area contributed by atoms with Crippen molar-refractivity contribution in [3.8, 4) is 84.5 Å². The molecule has 0 aliphatic carbocycles. The lowest BCUT2D eigenvalue weighted by Crippen LogP contribution is -1.97. The van der Waals surface area contributed by atoms with E-state index in [0.717, 1.165) is 111 Å². The summed E-state index contributed by atoms with van der Waals surface area (Å²) in [6.45, 7) is 0. The zero-order valence-corrected chi connectivity index (χ0v) is 35.3. The summed E-state index contributed by atoms with van der Waals surface area (Å²) in [5.41, 5.74) is 16.0. The highest BCUT2D eigenvalue weighted by molar-refractivity contribution is 6.20. The fourth-order valence-corrected chi connectivity index (χ4v) is 9.04. The van der Waals surface area contributed by atoms with Crippen LogP contribution in [0.3, 0.4) is 0 Å². The number of hydrogen-bond donors (Lipinski definition) is 0. The molecule has 0 aliphatic rings. The maximum atomic E-state index is 5.48. The number of imidazole rings is 1. The van der Waals surface area contributed by atoms with E-state index in [1.54, 1.807) is 0 Å². The van der Waals surface area contributed by atoms with Crippen molar-refractivity contribution in [3.63, 3.8) is 0 Å². The molecule has 0 aliphatic heterocycles. The minimum atomic E-state index is 0.645. The molecule has 0 atom stereocenters. The maximum absolute atomic E-state index is 5.48. The molecule has 304 valence electrons. The van der Waals surface area contributed by atoms with Crippen LogP contribution in [0.1, 0.15) is 0 Å². The number of hydrogen-bond acceptors (Lipinski definition) is 4. The highest BCUT2D eigenvalue weighted by atomic mass is 15.1. The van der Waals surface area contributed by atoms with E-state index in [2.05, 4.69) is 217 Å². The third-order valence-corrected chi connectivity index (χ3v) is 12.2. The summed E-state index contributed by atoms with van der Waals surface area (Å²) in [5, 5.41) is 3.21. The second-order valence-electron chi connectivity index (χ2n) is 16.2. The van der Waals surface area contributed by atoms with Gasteiger partial charge in [-0.05, 0) is 70.1 Å². The highest BCUT2D eigenvalue weighted by Gasteiger charge is 2.21. The zero-order chi connectivity index (χ0) is 43.1. The Bertz CT molecular complexity index is 3580. The Morgan fingerprint density at radius 1 is 0.308 bits per heavy atom. The van der Waals surface area contributed by atoms with Crippen molar-refractivity contribution < 1.29 is 0 Å². The molecule has 0 bridgehead atoms. The third kappa shape index (κ3) is 7.02. The SMILES string of the molecule is c1ccc(-c2cccc(-c3cc(-c4cccc(-c5ccccc5)c4)nc(-c4ccc(-c5nc6ccccc6c6ccc7c(nc(-c8ccccc8)n7-c7ccccc7)c56)cc4)n3)c2)cc1. The second-order valence-corrected chi connectivity index (χ2v) is 16.2. The van der Waals surface area contributed by atoms with Gasteiger partial charge in [-0.3, -0.25) is 4.57 Å². The second kappa shape index (κ2) is 16.2. The van der Waals surface area contributed by atoms with Crippen LogP contribution < -0.4 is 0 Å². The molecular formula is C60H39N5. The van der Waals surface area contributed by atoms with Crippen LogP contribution in [0.2, 0.25) is 0 Å². The van der Waals surface area contributed by atoms with E-state index in [9.17, 15) is 0 Å². The lowest BCUT2D eigenvalue weighted by atomic mass is 9.97. The average molecular weight is 830 g/mol. The molecule has 0 unspecified atom stereocenters. The third-order valence-electron chi connectivity index (χ3n) is 12.2. The molecule has 12 aromatic rings. The summed E-state index contributed by atoms with van der Waals surface area (Å²) in [6, 6.07) is 82.5. The van der Waals surface area contributed by atoms with E-state index in [-0.39, 0.29) is 0 Å². The predicted octanol–water partition coefficient (Wildman–Crippen LogP) is 15.2. The van der Waals surface area contributed by atoms with Crippen LogP contribution in [-0.2, 0) is 0 Å². The van der Waals surface area contributed by atoms with Gasteiger partial charge in [0.05, 0.1) is 33.6 Å². The van der Waals surface area contributed by atoms with Crippen LogP contribution in [-0.4, -0.2) is 24.5 Å². The fraction of sp³-hybridized carbons (Fsp3) is 0. The maximum Gasteiger partial charge on any atom is 0.160 e. The van der Waals surface area contributed by atoms with Crippen LogP contribution in [0.15, 0.2) is 237 Å². The molecule has 0 fully saturated rings. The number of fused-ring (bicyclic) bond motifs is 5. The first-order valence-corrected chi connectivity index (χ1v) is 21.9.